The molecular formula is C15H22N2O2. The summed E-state index contributed by atoms with van der Waals surface area (Å²) in [5, 5.41) is 11.3. The van der Waals surface area contributed by atoms with Gasteiger partial charge in [0.2, 0.25) is 0 Å². The molecule has 2 bridgehead atoms. The molecule has 2 aliphatic carbocycles. The van der Waals surface area contributed by atoms with Gasteiger partial charge in [-0.05, 0) is 31.1 Å². The topological polar surface area (TPSA) is 45.5 Å². The van der Waals surface area contributed by atoms with Crippen molar-refractivity contribution in [1.29, 1.82) is 5.26 Å². The van der Waals surface area contributed by atoms with Crippen molar-refractivity contribution in [3.05, 3.63) is 0 Å². The predicted molar refractivity (Wildman–Crippen MR) is 68.6 cm³/mol. The van der Waals surface area contributed by atoms with Crippen molar-refractivity contribution in [3.63, 3.8) is 0 Å². The summed E-state index contributed by atoms with van der Waals surface area (Å²) in [5.74, 6) is 0.619. The minimum Gasteiger partial charge on any atom is -0.355 e. The first-order valence-corrected chi connectivity index (χ1v) is 7.37. The van der Waals surface area contributed by atoms with Crippen LogP contribution in [0.25, 0.3) is 0 Å². The van der Waals surface area contributed by atoms with E-state index in [1.807, 2.05) is 12.0 Å². The number of rotatable bonds is 0. The molecular weight excluding hydrogens is 240 g/mol. The summed E-state index contributed by atoms with van der Waals surface area (Å²) in [6, 6.07) is 2.62. The molecule has 19 heavy (non-hydrogen) atoms. The van der Waals surface area contributed by atoms with Crippen molar-refractivity contribution in [1.82, 2.24) is 5.06 Å². The van der Waals surface area contributed by atoms with Crippen LogP contribution >= 0.6 is 0 Å². The van der Waals surface area contributed by atoms with Crippen LogP contribution in [0.5, 0.6) is 0 Å². The van der Waals surface area contributed by atoms with E-state index in [-0.39, 0.29) is 17.7 Å². The van der Waals surface area contributed by atoms with Gasteiger partial charge in [-0.25, -0.2) is 0 Å². The van der Waals surface area contributed by atoms with Gasteiger partial charge in [-0.2, -0.15) is 10.3 Å². The summed E-state index contributed by atoms with van der Waals surface area (Å²) >= 11 is 0. The Labute approximate surface area is 114 Å². The molecule has 6 atom stereocenters. The third-order valence-corrected chi connectivity index (χ3v) is 6.71. The summed E-state index contributed by atoms with van der Waals surface area (Å²) in [7, 11) is 0. The highest BCUT2D eigenvalue weighted by atomic mass is 16.8. The van der Waals surface area contributed by atoms with Crippen molar-refractivity contribution in [2.45, 2.75) is 70.9 Å². The fourth-order valence-corrected chi connectivity index (χ4v) is 5.15. The first-order valence-electron chi connectivity index (χ1n) is 7.37. The van der Waals surface area contributed by atoms with E-state index in [1.54, 1.807) is 0 Å². The van der Waals surface area contributed by atoms with Crippen LogP contribution in [0.4, 0.5) is 0 Å². The van der Waals surface area contributed by atoms with E-state index in [0.717, 1.165) is 0 Å². The maximum absolute atomic E-state index is 9.25. The molecule has 2 saturated carbocycles. The molecule has 0 aromatic heterocycles. The Morgan fingerprint density at radius 2 is 2.00 bits per heavy atom. The van der Waals surface area contributed by atoms with Gasteiger partial charge in [0.1, 0.15) is 6.23 Å². The van der Waals surface area contributed by atoms with Crippen molar-refractivity contribution >= 4 is 0 Å². The number of hydroxylamine groups is 2. The number of hydrogen-bond acceptors (Lipinski definition) is 4. The third kappa shape index (κ3) is 1.16. The molecule has 0 unspecified atom stereocenters. The Balaban J connectivity index is 1.71. The van der Waals surface area contributed by atoms with Gasteiger partial charge in [-0.3, -0.25) is 4.84 Å². The molecule has 2 heterocycles. The van der Waals surface area contributed by atoms with E-state index in [1.165, 1.54) is 12.8 Å². The highest BCUT2D eigenvalue weighted by Crippen LogP contribution is 2.70. The van der Waals surface area contributed by atoms with E-state index < -0.39 is 5.60 Å². The molecule has 0 N–H and O–H groups in total. The molecule has 4 fully saturated rings. The quantitative estimate of drug-likeness (QED) is 0.672. The Bertz CT molecular complexity index is 485. The Hall–Kier alpha value is -0.630. The lowest BCUT2D eigenvalue weighted by molar-refractivity contribution is -0.210. The lowest BCUT2D eigenvalue weighted by Gasteiger charge is -2.38. The largest absolute Gasteiger partial charge is 0.355 e. The van der Waals surface area contributed by atoms with Gasteiger partial charge in [0.25, 0.3) is 0 Å². The fourth-order valence-electron chi connectivity index (χ4n) is 5.15. The second-order valence-corrected chi connectivity index (χ2v) is 7.78. The van der Waals surface area contributed by atoms with Crippen molar-refractivity contribution in [2.24, 2.45) is 16.7 Å². The number of ether oxygens (including phenoxy) is 1. The zero-order chi connectivity index (χ0) is 13.6. The van der Waals surface area contributed by atoms with Gasteiger partial charge in [-0.15, -0.1) is 0 Å². The van der Waals surface area contributed by atoms with Crippen molar-refractivity contribution in [2.75, 3.05) is 0 Å². The Kier molecular flexibility index (Phi) is 2.02. The third-order valence-electron chi connectivity index (χ3n) is 6.71. The SMILES string of the molecule is CC1(C)[C@@H]2CC[C@@]1(C)[C@@H]1O[C@H]3C[C@@](C)(C#N)ON3[C@H]21. The van der Waals surface area contributed by atoms with Crippen LogP contribution in [0, 0.1) is 28.1 Å². The smallest absolute Gasteiger partial charge is 0.176 e. The van der Waals surface area contributed by atoms with Crippen LogP contribution in [-0.4, -0.2) is 29.0 Å². The molecule has 4 rings (SSSR count). The Morgan fingerprint density at radius 1 is 1.26 bits per heavy atom. The highest BCUT2D eigenvalue weighted by molar-refractivity contribution is 5.21. The maximum Gasteiger partial charge on any atom is 0.176 e. The van der Waals surface area contributed by atoms with E-state index in [9.17, 15) is 5.26 Å². The monoisotopic (exact) mass is 262 g/mol. The van der Waals surface area contributed by atoms with E-state index in [4.69, 9.17) is 9.57 Å². The summed E-state index contributed by atoms with van der Waals surface area (Å²) in [4.78, 5) is 5.97. The molecule has 0 amide bonds. The van der Waals surface area contributed by atoms with Crippen LogP contribution in [0.2, 0.25) is 0 Å². The molecule has 0 spiro atoms. The van der Waals surface area contributed by atoms with Crippen LogP contribution in [0.3, 0.4) is 0 Å². The van der Waals surface area contributed by atoms with Gasteiger partial charge >= 0.3 is 0 Å². The average molecular weight is 262 g/mol. The van der Waals surface area contributed by atoms with Crippen LogP contribution in [0.15, 0.2) is 0 Å². The maximum atomic E-state index is 9.25. The number of hydrogen-bond donors (Lipinski definition) is 0. The van der Waals surface area contributed by atoms with Crippen molar-refractivity contribution in [3.8, 4) is 6.07 Å². The van der Waals surface area contributed by atoms with Gasteiger partial charge in [0.15, 0.2) is 5.60 Å². The summed E-state index contributed by atoms with van der Waals surface area (Å²) in [5.41, 5.74) is -0.163. The zero-order valence-electron chi connectivity index (χ0n) is 12.1. The van der Waals surface area contributed by atoms with E-state index in [0.29, 0.717) is 23.8 Å². The van der Waals surface area contributed by atoms with Gasteiger partial charge in [0.05, 0.1) is 18.2 Å². The Morgan fingerprint density at radius 3 is 2.68 bits per heavy atom. The first-order chi connectivity index (χ1) is 8.82. The van der Waals surface area contributed by atoms with Gasteiger partial charge in [0, 0.05) is 11.8 Å². The molecule has 2 saturated heterocycles. The van der Waals surface area contributed by atoms with Crippen LogP contribution in [0.1, 0.15) is 47.0 Å². The lowest BCUT2D eigenvalue weighted by atomic mass is 9.70. The highest BCUT2D eigenvalue weighted by Gasteiger charge is 2.73. The zero-order valence-corrected chi connectivity index (χ0v) is 12.1. The average Bonchev–Trinajstić information content (AvgIpc) is 2.94. The molecule has 0 radical (unpaired) electrons. The molecule has 0 aromatic carbocycles. The number of fused-ring (bicyclic) bond motifs is 7. The second-order valence-electron chi connectivity index (χ2n) is 7.78. The van der Waals surface area contributed by atoms with Gasteiger partial charge < -0.3 is 4.74 Å². The lowest BCUT2D eigenvalue weighted by Crippen LogP contribution is -2.43. The van der Waals surface area contributed by atoms with E-state index in [2.05, 4.69) is 26.8 Å². The molecule has 4 heteroatoms. The molecule has 2 aliphatic heterocycles. The number of nitriles is 1. The number of nitrogens with zero attached hydrogens (tertiary/aromatic N) is 2. The summed E-state index contributed by atoms with van der Waals surface area (Å²) < 4.78 is 6.33. The van der Waals surface area contributed by atoms with Crippen LogP contribution in [-0.2, 0) is 9.57 Å². The fraction of sp³-hybridized carbons (Fsp3) is 0.933. The predicted octanol–water partition coefficient (Wildman–Crippen LogP) is 2.46. The van der Waals surface area contributed by atoms with Crippen LogP contribution < -0.4 is 0 Å². The second kappa shape index (κ2) is 3.16. The van der Waals surface area contributed by atoms with Gasteiger partial charge in [-0.1, -0.05) is 20.8 Å². The molecule has 0 aromatic rings. The van der Waals surface area contributed by atoms with Crippen molar-refractivity contribution < 1.29 is 9.57 Å². The molecule has 4 aliphatic rings. The minimum absolute atomic E-state index is 0.0179. The normalized spacial score (nSPS) is 58.1. The summed E-state index contributed by atoms with van der Waals surface area (Å²) in [6.07, 6.45) is 3.43. The standard InChI is InChI=1S/C15H22N2O2/c1-13(2)9-5-6-15(13,4)12-11(9)17-10(18-12)7-14(3,8-16)19-17/h9-12H,5-7H2,1-4H3/t9-,10+,11-,12-,14+,15+/m1/s1. The molecule has 4 nitrogen and oxygen atoms in total. The minimum atomic E-state index is -0.706. The first kappa shape index (κ1) is 12.1. The van der Waals surface area contributed by atoms with E-state index >= 15 is 0 Å². The summed E-state index contributed by atoms with van der Waals surface area (Å²) in [6.45, 7) is 8.99. The molecule has 104 valence electrons.